The first-order valence-electron chi connectivity index (χ1n) is 16.2. The molecule has 3 saturated carbocycles. The second kappa shape index (κ2) is 11.7. The molecule has 0 aromatic carbocycles. The highest BCUT2D eigenvalue weighted by Crippen LogP contribution is 2.71. The smallest absolute Gasteiger partial charge is 0.190 e. The molecule has 0 radical (unpaired) electrons. The van der Waals surface area contributed by atoms with Crippen molar-refractivity contribution >= 4 is 11.6 Å². The normalized spacial score (nSPS) is 45.6. The summed E-state index contributed by atoms with van der Waals surface area (Å²) in [6.45, 7) is 7.92. The molecule has 4 aliphatic carbocycles. The van der Waals surface area contributed by atoms with Crippen molar-refractivity contribution in [3.63, 3.8) is 0 Å². The number of carbonyl (C=O) groups is 2. The maximum atomic E-state index is 17.5. The van der Waals surface area contributed by atoms with Gasteiger partial charge in [-0.25, -0.2) is 8.78 Å². The summed E-state index contributed by atoms with van der Waals surface area (Å²) in [6.07, 6.45) is 4.96. The first kappa shape index (κ1) is 31.2. The zero-order chi connectivity index (χ0) is 29.6. The highest BCUT2D eigenvalue weighted by Gasteiger charge is 2.73. The molecule has 3 unspecified atom stereocenters. The molecule has 1 N–H and O–H groups in total. The van der Waals surface area contributed by atoms with E-state index in [-0.39, 0.29) is 50.0 Å². The number of allylic oxidation sites excluding steroid dienone is 1. The van der Waals surface area contributed by atoms with Crippen molar-refractivity contribution in [2.45, 2.75) is 147 Å². The maximum absolute atomic E-state index is 17.5. The number of fused-ring (bicyclic) bond motifs is 6. The molecule has 0 bridgehead atoms. The van der Waals surface area contributed by atoms with E-state index in [0.29, 0.717) is 44.1 Å². The fourth-order valence-corrected chi connectivity index (χ4v) is 9.37. The van der Waals surface area contributed by atoms with Crippen LogP contribution in [0.15, 0.2) is 11.6 Å². The molecule has 6 nitrogen and oxygen atoms in total. The summed E-state index contributed by atoms with van der Waals surface area (Å²) in [5.74, 6) is -1.11. The van der Waals surface area contributed by atoms with Crippen LogP contribution in [0.2, 0.25) is 0 Å². The van der Waals surface area contributed by atoms with Gasteiger partial charge in [0.05, 0.1) is 12.7 Å². The topological polar surface area (TPSA) is 82.1 Å². The molecule has 1 aliphatic heterocycles. The number of carbonyl (C=O) groups excluding carboxylic acids is 2. The summed E-state index contributed by atoms with van der Waals surface area (Å²) in [7, 11) is 0. The Morgan fingerprint density at radius 1 is 1.07 bits per heavy atom. The van der Waals surface area contributed by atoms with Crippen molar-refractivity contribution in [1.29, 1.82) is 0 Å². The van der Waals surface area contributed by atoms with E-state index >= 15 is 8.78 Å². The molecule has 10 atom stereocenters. The van der Waals surface area contributed by atoms with Gasteiger partial charge in [0, 0.05) is 23.2 Å². The number of rotatable bonds is 7. The Morgan fingerprint density at radius 3 is 2.59 bits per heavy atom. The van der Waals surface area contributed by atoms with E-state index in [9.17, 15) is 14.7 Å². The molecule has 1 saturated heterocycles. The van der Waals surface area contributed by atoms with Crippen LogP contribution in [0.5, 0.6) is 0 Å². The molecule has 5 rings (SSSR count). The van der Waals surface area contributed by atoms with E-state index in [2.05, 4.69) is 6.92 Å². The SMILES string of the molecule is CCCCCC(O)C1COCC(=O)[C@]2(CC[C@H]3[C@@H]4C[C@H](F)C5=CC(=O)CC[C@]5(C)[C@@]4(F)CC[C@@]32C)OC(CCC)O1. The van der Waals surface area contributed by atoms with Crippen molar-refractivity contribution in [3.05, 3.63) is 11.6 Å². The largest absolute Gasteiger partial charge is 0.390 e. The van der Waals surface area contributed by atoms with Gasteiger partial charge in [-0.05, 0) is 68.9 Å². The van der Waals surface area contributed by atoms with Gasteiger partial charge < -0.3 is 19.3 Å². The van der Waals surface area contributed by atoms with Gasteiger partial charge in [-0.15, -0.1) is 0 Å². The summed E-state index contributed by atoms with van der Waals surface area (Å²) in [5, 5.41) is 10.9. The number of aliphatic hydroxyl groups is 1. The van der Waals surface area contributed by atoms with Crippen LogP contribution in [-0.4, -0.2) is 65.8 Å². The van der Waals surface area contributed by atoms with Crippen LogP contribution < -0.4 is 0 Å². The van der Waals surface area contributed by atoms with Crippen molar-refractivity contribution in [2.75, 3.05) is 13.2 Å². The fraction of sp³-hybridized carbons (Fsp3) is 0.879. The van der Waals surface area contributed by atoms with Gasteiger partial charge in [0.25, 0.3) is 0 Å². The highest BCUT2D eigenvalue weighted by atomic mass is 19.1. The number of aliphatic hydroxyl groups excluding tert-OH is 1. The standard InChI is InChI=1S/C33H50F2O6/c1-5-7-8-10-26(37)27-19-39-20-28(38)33(41-29(40-27)9-6-2)14-12-22-23-18-25(34)24-17-21(36)11-13-30(24,3)32(23,35)16-15-31(22,33)4/h17,22-23,25-27,29,37H,5-16,18-20H2,1-4H3/t22-,23-,25-,26?,27?,29?,30-,31-,32+,33-/m0/s1. The third kappa shape index (κ3) is 4.97. The van der Waals surface area contributed by atoms with Crippen LogP contribution in [0, 0.1) is 22.7 Å². The lowest BCUT2D eigenvalue weighted by Crippen LogP contribution is -2.66. The molecule has 0 aromatic rings. The van der Waals surface area contributed by atoms with Gasteiger partial charge in [0.15, 0.2) is 17.9 Å². The minimum atomic E-state index is -1.65. The first-order chi connectivity index (χ1) is 19.5. The molecule has 0 amide bonds. The lowest BCUT2D eigenvalue weighted by Gasteiger charge is -2.62. The van der Waals surface area contributed by atoms with Gasteiger partial charge in [0.2, 0.25) is 0 Å². The molecule has 5 aliphatic rings. The molecule has 1 heterocycles. The van der Waals surface area contributed by atoms with E-state index in [4.69, 9.17) is 14.2 Å². The van der Waals surface area contributed by atoms with Crippen LogP contribution >= 0.6 is 0 Å². The minimum Gasteiger partial charge on any atom is -0.390 e. The number of ether oxygens (including phenoxy) is 3. The van der Waals surface area contributed by atoms with Crippen molar-refractivity contribution in [3.8, 4) is 0 Å². The molecule has 232 valence electrons. The van der Waals surface area contributed by atoms with Crippen LogP contribution in [-0.2, 0) is 23.8 Å². The third-order valence-corrected chi connectivity index (χ3v) is 11.9. The number of hydrogen-bond donors (Lipinski definition) is 1. The summed E-state index contributed by atoms with van der Waals surface area (Å²) in [6, 6.07) is 0. The second-order valence-corrected chi connectivity index (χ2v) is 14.0. The summed E-state index contributed by atoms with van der Waals surface area (Å²) in [4.78, 5) is 26.3. The van der Waals surface area contributed by atoms with E-state index in [1.54, 1.807) is 0 Å². The molecular weight excluding hydrogens is 530 g/mol. The van der Waals surface area contributed by atoms with Gasteiger partial charge in [-0.3, -0.25) is 9.59 Å². The van der Waals surface area contributed by atoms with Gasteiger partial charge in [-0.1, -0.05) is 53.4 Å². The highest BCUT2D eigenvalue weighted by molar-refractivity contribution is 5.92. The van der Waals surface area contributed by atoms with Crippen LogP contribution in [0.1, 0.15) is 111 Å². The number of hydrogen-bond acceptors (Lipinski definition) is 6. The van der Waals surface area contributed by atoms with Crippen LogP contribution in [0.3, 0.4) is 0 Å². The van der Waals surface area contributed by atoms with Crippen LogP contribution in [0.25, 0.3) is 0 Å². The third-order valence-electron chi connectivity index (χ3n) is 11.9. The first-order valence-corrected chi connectivity index (χ1v) is 16.2. The number of Topliss-reactive ketones (excluding diaryl/α,β-unsaturated/α-hetero) is 1. The van der Waals surface area contributed by atoms with E-state index in [1.807, 2.05) is 20.8 Å². The van der Waals surface area contributed by atoms with Gasteiger partial charge in [0.1, 0.15) is 30.2 Å². The fourth-order valence-electron chi connectivity index (χ4n) is 9.37. The molecule has 8 heteroatoms. The monoisotopic (exact) mass is 580 g/mol. The minimum absolute atomic E-state index is 0.0210. The maximum Gasteiger partial charge on any atom is 0.190 e. The zero-order valence-corrected chi connectivity index (χ0v) is 25.4. The Hall–Kier alpha value is -1.22. The van der Waals surface area contributed by atoms with Crippen molar-refractivity contribution in [1.82, 2.24) is 0 Å². The Labute approximate surface area is 243 Å². The predicted molar refractivity (Wildman–Crippen MR) is 151 cm³/mol. The Kier molecular flexibility index (Phi) is 8.91. The average Bonchev–Trinajstić information content (AvgIpc) is 3.26. The van der Waals surface area contributed by atoms with Gasteiger partial charge in [-0.2, -0.15) is 0 Å². The molecular formula is C33H50F2O6. The Bertz CT molecular complexity index is 1030. The number of unbranched alkanes of at least 4 members (excludes halogenated alkanes) is 2. The van der Waals surface area contributed by atoms with E-state index in [0.717, 1.165) is 25.7 Å². The van der Waals surface area contributed by atoms with Crippen molar-refractivity contribution in [2.24, 2.45) is 22.7 Å². The van der Waals surface area contributed by atoms with E-state index in [1.165, 1.54) is 6.08 Å². The number of ketones is 2. The number of alkyl halides is 2. The molecule has 41 heavy (non-hydrogen) atoms. The summed E-state index contributed by atoms with van der Waals surface area (Å²) < 4.78 is 52.3. The molecule has 4 fully saturated rings. The summed E-state index contributed by atoms with van der Waals surface area (Å²) >= 11 is 0. The molecule has 1 spiro atoms. The van der Waals surface area contributed by atoms with Crippen LogP contribution in [0.4, 0.5) is 8.78 Å². The molecule has 0 aromatic heterocycles. The number of halogens is 2. The zero-order valence-electron chi connectivity index (χ0n) is 25.4. The quantitative estimate of drug-likeness (QED) is 0.353. The Balaban J connectivity index is 1.45. The van der Waals surface area contributed by atoms with E-state index < -0.39 is 52.7 Å². The summed E-state index contributed by atoms with van der Waals surface area (Å²) in [5.41, 5.74) is -4.30. The lowest BCUT2D eigenvalue weighted by molar-refractivity contribution is -0.269. The predicted octanol–water partition coefficient (Wildman–Crippen LogP) is 6.37. The average molecular weight is 581 g/mol. The second-order valence-electron chi connectivity index (χ2n) is 14.0. The lowest BCUT2D eigenvalue weighted by atomic mass is 9.44. The van der Waals surface area contributed by atoms with Gasteiger partial charge >= 0.3 is 0 Å². The van der Waals surface area contributed by atoms with Crippen molar-refractivity contribution < 1.29 is 37.7 Å². The Morgan fingerprint density at radius 2 is 1.85 bits per heavy atom.